The monoisotopic (exact) mass is 216 g/mol. The molecule has 0 spiro atoms. The van der Waals surface area contributed by atoms with Crippen molar-refractivity contribution in [3.63, 3.8) is 0 Å². The van der Waals surface area contributed by atoms with Crippen molar-refractivity contribution in [1.82, 2.24) is 9.97 Å². The van der Waals surface area contributed by atoms with Crippen molar-refractivity contribution >= 4 is 11.6 Å². The topological polar surface area (TPSA) is 65.7 Å². The predicted molar refractivity (Wildman–Crippen MR) is 59.7 cm³/mol. The number of hydrogen-bond acceptors (Lipinski definition) is 2. The zero-order valence-electron chi connectivity index (χ0n) is 9.13. The molecule has 82 valence electrons. The zero-order chi connectivity index (χ0) is 11.7. The largest absolute Gasteiger partial charge is 0.358 e. The Morgan fingerprint density at radius 3 is 1.50 bits per heavy atom. The van der Waals surface area contributed by atoms with Crippen LogP contribution in [-0.4, -0.2) is 21.5 Å². The molecule has 2 aromatic rings. The van der Waals surface area contributed by atoms with Crippen LogP contribution < -0.4 is 0 Å². The van der Waals surface area contributed by atoms with Crippen LogP contribution in [0.3, 0.4) is 0 Å². The van der Waals surface area contributed by atoms with Crippen LogP contribution in [-0.2, 0) is 0 Å². The van der Waals surface area contributed by atoms with Gasteiger partial charge in [0.2, 0.25) is 0 Å². The normalized spacial score (nSPS) is 10.4. The van der Waals surface area contributed by atoms with E-state index >= 15 is 0 Å². The van der Waals surface area contributed by atoms with Gasteiger partial charge >= 0.3 is 0 Å². The van der Waals surface area contributed by atoms with Crippen molar-refractivity contribution in [2.24, 2.45) is 0 Å². The molecule has 0 aliphatic heterocycles. The zero-order valence-corrected chi connectivity index (χ0v) is 9.13. The van der Waals surface area contributed by atoms with E-state index in [2.05, 4.69) is 9.97 Å². The molecular formula is C12H12N2O2. The molecule has 16 heavy (non-hydrogen) atoms. The summed E-state index contributed by atoms with van der Waals surface area (Å²) in [7, 11) is 0. The number of carbonyl (C=O) groups is 2. The number of hydrogen-bond donors (Lipinski definition) is 2. The summed E-state index contributed by atoms with van der Waals surface area (Å²) in [4.78, 5) is 29.1. The second kappa shape index (κ2) is 3.81. The Balaban J connectivity index is 2.26. The summed E-state index contributed by atoms with van der Waals surface area (Å²) in [5.74, 6) is -1.04. The third-order valence-electron chi connectivity index (χ3n) is 2.35. The smallest absolute Gasteiger partial charge is 0.251 e. The fourth-order valence-electron chi connectivity index (χ4n) is 1.51. The summed E-state index contributed by atoms with van der Waals surface area (Å²) in [6, 6.07) is 3.33. The Kier molecular flexibility index (Phi) is 2.48. The van der Waals surface area contributed by atoms with Crippen molar-refractivity contribution in [3.8, 4) is 0 Å². The molecular weight excluding hydrogens is 204 g/mol. The molecule has 0 aliphatic rings. The van der Waals surface area contributed by atoms with Crippen LogP contribution in [0.2, 0.25) is 0 Å². The Labute approximate surface area is 92.7 Å². The fourth-order valence-corrected chi connectivity index (χ4v) is 1.51. The predicted octanol–water partition coefficient (Wildman–Crippen LogP) is 2.03. The number of aryl methyl sites for hydroxylation is 2. The molecule has 0 aliphatic carbocycles. The minimum atomic E-state index is -0.519. The van der Waals surface area contributed by atoms with Gasteiger partial charge in [-0.25, -0.2) is 0 Å². The van der Waals surface area contributed by atoms with Gasteiger partial charge in [-0.2, -0.15) is 0 Å². The minimum absolute atomic E-state index is 0.328. The third kappa shape index (κ3) is 1.82. The highest BCUT2D eigenvalue weighted by Gasteiger charge is 2.20. The molecule has 4 nitrogen and oxygen atoms in total. The van der Waals surface area contributed by atoms with E-state index < -0.39 is 11.6 Å². The van der Waals surface area contributed by atoms with Crippen molar-refractivity contribution in [2.75, 3.05) is 0 Å². The molecule has 2 heterocycles. The van der Waals surface area contributed by atoms with Crippen molar-refractivity contribution in [1.29, 1.82) is 0 Å². The molecule has 2 rings (SSSR count). The van der Waals surface area contributed by atoms with Gasteiger partial charge in [0, 0.05) is 12.4 Å². The SMILES string of the molecule is Cc1c[nH]c(C(=O)C(=O)c2cc(C)c[nH]2)c1. The second-order valence-corrected chi connectivity index (χ2v) is 3.84. The summed E-state index contributed by atoms with van der Waals surface area (Å²) in [6.45, 7) is 3.72. The van der Waals surface area contributed by atoms with Gasteiger partial charge in [-0.05, 0) is 37.1 Å². The van der Waals surface area contributed by atoms with Gasteiger partial charge in [0.1, 0.15) is 0 Å². The highest BCUT2D eigenvalue weighted by Crippen LogP contribution is 2.08. The van der Waals surface area contributed by atoms with E-state index in [1.165, 1.54) is 0 Å². The van der Waals surface area contributed by atoms with Gasteiger partial charge in [-0.1, -0.05) is 0 Å². The quantitative estimate of drug-likeness (QED) is 0.609. The van der Waals surface area contributed by atoms with Crippen LogP contribution in [0.15, 0.2) is 24.5 Å². The molecule has 0 aromatic carbocycles. The lowest BCUT2D eigenvalue weighted by Gasteiger charge is -1.94. The molecule has 0 saturated heterocycles. The Morgan fingerprint density at radius 1 is 0.875 bits per heavy atom. The number of H-pyrrole nitrogens is 2. The van der Waals surface area contributed by atoms with E-state index in [1.807, 2.05) is 13.8 Å². The summed E-state index contributed by atoms with van der Waals surface area (Å²) in [5.41, 5.74) is 2.52. The molecule has 0 fully saturated rings. The molecule has 2 N–H and O–H groups in total. The van der Waals surface area contributed by atoms with Crippen LogP contribution in [0.25, 0.3) is 0 Å². The first kappa shape index (κ1) is 10.4. The van der Waals surface area contributed by atoms with E-state index in [1.54, 1.807) is 24.5 Å². The summed E-state index contributed by atoms with van der Waals surface area (Å²) in [5, 5.41) is 0. The number of nitrogens with one attached hydrogen (secondary N) is 2. The molecule has 0 bridgehead atoms. The van der Waals surface area contributed by atoms with E-state index in [-0.39, 0.29) is 0 Å². The van der Waals surface area contributed by atoms with Crippen LogP contribution >= 0.6 is 0 Å². The number of Topliss-reactive ketones (excluding diaryl/α,β-unsaturated/α-hetero) is 2. The minimum Gasteiger partial charge on any atom is -0.358 e. The number of ketones is 2. The van der Waals surface area contributed by atoms with Gasteiger partial charge in [-0.15, -0.1) is 0 Å². The van der Waals surface area contributed by atoms with E-state index in [4.69, 9.17) is 0 Å². The maximum atomic E-state index is 11.8. The first-order chi connectivity index (χ1) is 7.58. The standard InChI is InChI=1S/C12H12N2O2/c1-7-3-9(13-5-7)11(15)12(16)10-4-8(2)6-14-10/h3-6,13-14H,1-2H3. The average Bonchev–Trinajstić information content (AvgIpc) is 2.85. The van der Waals surface area contributed by atoms with Crippen LogP contribution in [0.4, 0.5) is 0 Å². The third-order valence-corrected chi connectivity index (χ3v) is 2.35. The molecule has 0 amide bonds. The molecule has 4 heteroatoms. The number of rotatable bonds is 3. The lowest BCUT2D eigenvalue weighted by Crippen LogP contribution is -2.15. The van der Waals surface area contributed by atoms with E-state index in [0.717, 1.165) is 11.1 Å². The summed E-state index contributed by atoms with van der Waals surface area (Å²) < 4.78 is 0. The Morgan fingerprint density at radius 2 is 1.25 bits per heavy atom. The van der Waals surface area contributed by atoms with Gasteiger partial charge in [0.05, 0.1) is 11.4 Å². The fraction of sp³-hybridized carbons (Fsp3) is 0.167. The maximum Gasteiger partial charge on any atom is 0.251 e. The van der Waals surface area contributed by atoms with Gasteiger partial charge in [0.15, 0.2) is 0 Å². The highest BCUT2D eigenvalue weighted by atomic mass is 16.2. The van der Waals surface area contributed by atoms with E-state index in [0.29, 0.717) is 11.4 Å². The van der Waals surface area contributed by atoms with Crippen molar-refractivity contribution < 1.29 is 9.59 Å². The molecule has 2 aromatic heterocycles. The van der Waals surface area contributed by atoms with Crippen LogP contribution in [0.5, 0.6) is 0 Å². The van der Waals surface area contributed by atoms with Gasteiger partial charge in [-0.3, -0.25) is 9.59 Å². The first-order valence-corrected chi connectivity index (χ1v) is 4.97. The number of carbonyl (C=O) groups excluding carboxylic acids is 2. The molecule has 0 unspecified atom stereocenters. The van der Waals surface area contributed by atoms with Crippen molar-refractivity contribution in [3.05, 3.63) is 47.0 Å². The lowest BCUT2D eigenvalue weighted by molar-refractivity contribution is 0.0812. The van der Waals surface area contributed by atoms with Gasteiger partial charge in [0.25, 0.3) is 11.6 Å². The van der Waals surface area contributed by atoms with Gasteiger partial charge < -0.3 is 9.97 Å². The van der Waals surface area contributed by atoms with Crippen LogP contribution in [0.1, 0.15) is 32.1 Å². The Hall–Kier alpha value is -2.10. The Bertz CT molecular complexity index is 499. The number of aromatic amines is 2. The van der Waals surface area contributed by atoms with E-state index in [9.17, 15) is 9.59 Å². The second-order valence-electron chi connectivity index (χ2n) is 3.84. The lowest BCUT2D eigenvalue weighted by atomic mass is 10.1. The summed E-state index contributed by atoms with van der Waals surface area (Å²) >= 11 is 0. The first-order valence-electron chi connectivity index (χ1n) is 4.97. The molecule has 0 saturated carbocycles. The highest BCUT2D eigenvalue weighted by molar-refractivity contribution is 6.48. The molecule has 0 radical (unpaired) electrons. The maximum absolute atomic E-state index is 11.8. The number of aromatic nitrogens is 2. The average molecular weight is 216 g/mol. The molecule has 0 atom stereocenters. The van der Waals surface area contributed by atoms with Crippen LogP contribution in [0, 0.1) is 13.8 Å². The van der Waals surface area contributed by atoms with Crippen molar-refractivity contribution in [2.45, 2.75) is 13.8 Å². The summed E-state index contributed by atoms with van der Waals surface area (Å²) in [6.07, 6.45) is 3.39.